The van der Waals surface area contributed by atoms with Crippen LogP contribution in [-0.4, -0.2) is 33.6 Å². The van der Waals surface area contributed by atoms with Crippen molar-refractivity contribution in [1.82, 2.24) is 9.38 Å². The fraction of sp³-hybridized carbons (Fsp3) is 0.333. The third kappa shape index (κ3) is 2.02. The molecule has 6 nitrogen and oxygen atoms in total. The summed E-state index contributed by atoms with van der Waals surface area (Å²) < 4.78 is 6.18. The largest absolute Gasteiger partial charge is 0.494 e. The van der Waals surface area contributed by atoms with Crippen molar-refractivity contribution in [3.63, 3.8) is 0 Å². The zero-order valence-electron chi connectivity index (χ0n) is 10.3. The van der Waals surface area contributed by atoms with Crippen LogP contribution in [0.4, 0.5) is 0 Å². The molecule has 18 heavy (non-hydrogen) atoms. The first-order chi connectivity index (χ1) is 8.54. The van der Waals surface area contributed by atoms with Gasteiger partial charge in [0, 0.05) is 12.5 Å². The van der Waals surface area contributed by atoms with E-state index in [9.17, 15) is 9.90 Å². The number of pyridine rings is 1. The minimum Gasteiger partial charge on any atom is -0.494 e. The maximum atomic E-state index is 11.6. The van der Waals surface area contributed by atoms with Crippen LogP contribution in [-0.2, 0) is 11.2 Å². The van der Waals surface area contributed by atoms with Gasteiger partial charge in [0.1, 0.15) is 5.82 Å². The average Bonchev–Trinajstić information content (AvgIpc) is 2.68. The molecule has 0 bridgehead atoms. The van der Waals surface area contributed by atoms with Crippen LogP contribution in [0.25, 0.3) is 5.52 Å². The van der Waals surface area contributed by atoms with E-state index < -0.39 is 5.97 Å². The van der Waals surface area contributed by atoms with E-state index in [4.69, 9.17) is 5.73 Å². The van der Waals surface area contributed by atoms with Crippen LogP contribution in [0.1, 0.15) is 23.2 Å². The Balaban J connectivity index is 2.67. The fourth-order valence-corrected chi connectivity index (χ4v) is 1.86. The molecule has 96 valence electrons. The molecule has 2 aromatic rings. The molecule has 0 aliphatic rings. The van der Waals surface area contributed by atoms with Crippen molar-refractivity contribution in [2.45, 2.75) is 19.4 Å². The molecule has 2 aromatic heterocycles. The lowest BCUT2D eigenvalue weighted by Gasteiger charge is -2.05. The lowest BCUT2D eigenvalue weighted by molar-refractivity contribution is 0.0597. The molecule has 0 aromatic carbocycles. The summed E-state index contributed by atoms with van der Waals surface area (Å²) in [5.74, 6) is 0.0262. The number of hydrogen-bond donors (Lipinski definition) is 2. The Morgan fingerprint density at radius 1 is 1.61 bits per heavy atom. The quantitative estimate of drug-likeness (QED) is 0.782. The minimum atomic E-state index is -0.533. The highest BCUT2D eigenvalue weighted by Gasteiger charge is 2.19. The molecule has 0 saturated heterocycles. The monoisotopic (exact) mass is 249 g/mol. The Hall–Kier alpha value is -2.08. The molecule has 0 amide bonds. The van der Waals surface area contributed by atoms with E-state index in [1.165, 1.54) is 17.6 Å². The summed E-state index contributed by atoms with van der Waals surface area (Å²) in [6, 6.07) is 4.75. The number of carbonyl (C=O) groups excluding carboxylic acids is 1. The number of nitrogens with zero attached hydrogens (tertiary/aromatic N) is 2. The number of carbonyl (C=O) groups is 1. The number of rotatable bonds is 3. The van der Waals surface area contributed by atoms with Crippen molar-refractivity contribution < 1.29 is 14.6 Å². The predicted octanol–water partition coefficient (Wildman–Crippen LogP) is 0.716. The number of esters is 1. The van der Waals surface area contributed by atoms with Crippen molar-refractivity contribution in [2.75, 3.05) is 7.11 Å². The number of fused-ring (bicyclic) bond motifs is 1. The van der Waals surface area contributed by atoms with E-state index in [0.717, 1.165) is 0 Å². The van der Waals surface area contributed by atoms with E-state index in [0.29, 0.717) is 17.8 Å². The van der Waals surface area contributed by atoms with Crippen LogP contribution in [0, 0.1) is 0 Å². The molecular weight excluding hydrogens is 234 g/mol. The van der Waals surface area contributed by atoms with Crippen molar-refractivity contribution in [1.29, 1.82) is 0 Å². The molecular formula is C12H15N3O3. The molecule has 1 atom stereocenters. The molecule has 0 aliphatic carbocycles. The van der Waals surface area contributed by atoms with Gasteiger partial charge in [0.05, 0.1) is 12.6 Å². The van der Waals surface area contributed by atoms with Crippen LogP contribution in [0.2, 0.25) is 0 Å². The van der Waals surface area contributed by atoms with Gasteiger partial charge in [-0.2, -0.15) is 0 Å². The first-order valence-corrected chi connectivity index (χ1v) is 5.57. The maximum absolute atomic E-state index is 11.6. The van der Waals surface area contributed by atoms with Crippen molar-refractivity contribution in [3.8, 4) is 5.88 Å². The second-order valence-corrected chi connectivity index (χ2v) is 4.15. The topological polar surface area (TPSA) is 89.8 Å². The van der Waals surface area contributed by atoms with Gasteiger partial charge in [-0.05, 0) is 19.1 Å². The number of imidazole rings is 1. The van der Waals surface area contributed by atoms with Crippen molar-refractivity contribution in [3.05, 3.63) is 29.7 Å². The van der Waals surface area contributed by atoms with Crippen molar-refractivity contribution >= 4 is 11.5 Å². The smallest absolute Gasteiger partial charge is 0.358 e. The van der Waals surface area contributed by atoms with Gasteiger partial charge in [0.15, 0.2) is 11.6 Å². The zero-order valence-corrected chi connectivity index (χ0v) is 10.3. The Morgan fingerprint density at radius 2 is 2.33 bits per heavy atom. The average molecular weight is 249 g/mol. The van der Waals surface area contributed by atoms with E-state index in [1.807, 2.05) is 6.92 Å². The SMILES string of the molecule is COC(=O)c1nc(CC(C)N)n2c(O)cccc12. The predicted molar refractivity (Wildman–Crippen MR) is 65.5 cm³/mol. The van der Waals surface area contributed by atoms with Crippen LogP contribution in [0.15, 0.2) is 18.2 Å². The summed E-state index contributed by atoms with van der Waals surface area (Å²) in [7, 11) is 1.29. The number of nitrogens with two attached hydrogens (primary N) is 1. The lowest BCUT2D eigenvalue weighted by Crippen LogP contribution is -2.19. The van der Waals surface area contributed by atoms with Crippen LogP contribution in [0.3, 0.4) is 0 Å². The summed E-state index contributed by atoms with van der Waals surface area (Å²) in [5.41, 5.74) is 6.43. The van der Waals surface area contributed by atoms with E-state index in [2.05, 4.69) is 9.72 Å². The van der Waals surface area contributed by atoms with Gasteiger partial charge in [-0.3, -0.25) is 4.40 Å². The zero-order chi connectivity index (χ0) is 13.3. The highest BCUT2D eigenvalue weighted by atomic mass is 16.5. The Bertz CT molecular complexity index is 590. The molecule has 0 saturated carbocycles. The minimum absolute atomic E-state index is 0.0193. The van der Waals surface area contributed by atoms with Crippen LogP contribution in [0.5, 0.6) is 5.88 Å². The molecule has 0 radical (unpaired) electrons. The molecule has 0 aliphatic heterocycles. The van der Waals surface area contributed by atoms with Gasteiger partial charge in [-0.25, -0.2) is 9.78 Å². The third-order valence-corrected chi connectivity index (χ3v) is 2.59. The van der Waals surface area contributed by atoms with Gasteiger partial charge in [0.2, 0.25) is 0 Å². The first kappa shape index (κ1) is 12.4. The van der Waals surface area contributed by atoms with E-state index in [1.54, 1.807) is 12.1 Å². The van der Waals surface area contributed by atoms with Gasteiger partial charge in [0.25, 0.3) is 0 Å². The highest BCUT2D eigenvalue weighted by Crippen LogP contribution is 2.21. The number of methoxy groups -OCH3 is 1. The van der Waals surface area contributed by atoms with Gasteiger partial charge >= 0.3 is 5.97 Å². The van der Waals surface area contributed by atoms with E-state index >= 15 is 0 Å². The summed E-state index contributed by atoms with van der Waals surface area (Å²) in [4.78, 5) is 15.8. The fourth-order valence-electron chi connectivity index (χ4n) is 1.86. The normalized spacial score (nSPS) is 12.6. The first-order valence-electron chi connectivity index (χ1n) is 5.57. The van der Waals surface area contributed by atoms with Crippen molar-refractivity contribution in [2.24, 2.45) is 5.73 Å². The summed E-state index contributed by atoms with van der Waals surface area (Å²) in [6.45, 7) is 1.83. The van der Waals surface area contributed by atoms with Gasteiger partial charge in [-0.15, -0.1) is 0 Å². The Kier molecular flexibility index (Phi) is 3.20. The Morgan fingerprint density at radius 3 is 2.94 bits per heavy atom. The Labute approximate surface area is 104 Å². The number of hydrogen-bond acceptors (Lipinski definition) is 5. The second-order valence-electron chi connectivity index (χ2n) is 4.15. The van der Waals surface area contributed by atoms with Crippen LogP contribution < -0.4 is 5.73 Å². The third-order valence-electron chi connectivity index (χ3n) is 2.59. The molecule has 2 heterocycles. The summed E-state index contributed by atoms with van der Waals surface area (Å²) >= 11 is 0. The molecule has 1 unspecified atom stereocenters. The van der Waals surface area contributed by atoms with Crippen LogP contribution >= 0.6 is 0 Å². The molecule has 0 fully saturated rings. The molecule has 0 spiro atoms. The number of aromatic nitrogens is 2. The maximum Gasteiger partial charge on any atom is 0.358 e. The number of ether oxygens (including phenoxy) is 1. The van der Waals surface area contributed by atoms with E-state index in [-0.39, 0.29) is 17.6 Å². The summed E-state index contributed by atoms with van der Waals surface area (Å²) in [6.07, 6.45) is 0.454. The van der Waals surface area contributed by atoms with Gasteiger partial charge in [-0.1, -0.05) is 6.07 Å². The molecule has 3 N–H and O–H groups in total. The highest BCUT2D eigenvalue weighted by molar-refractivity contribution is 5.95. The molecule has 6 heteroatoms. The standard InChI is InChI=1S/C12H15N3O3/c1-7(13)6-9-14-11(12(17)18-2)8-4-3-5-10(16)15(8)9/h3-5,7,16H,6,13H2,1-2H3. The summed E-state index contributed by atoms with van der Waals surface area (Å²) in [5, 5.41) is 9.86. The lowest BCUT2D eigenvalue weighted by atomic mass is 10.2. The molecule has 2 rings (SSSR count). The van der Waals surface area contributed by atoms with Gasteiger partial charge < -0.3 is 15.6 Å². The number of aromatic hydroxyl groups is 1. The second kappa shape index (κ2) is 4.66.